The van der Waals surface area contributed by atoms with Gasteiger partial charge in [0.2, 0.25) is 0 Å². The van der Waals surface area contributed by atoms with Crippen LogP contribution in [0, 0.1) is 0 Å². The normalized spacial score (nSPS) is 10.8. The first kappa shape index (κ1) is 23.2. The van der Waals surface area contributed by atoms with Crippen LogP contribution in [0.5, 0.6) is 0 Å². The third-order valence-corrected chi connectivity index (χ3v) is 4.61. The number of halogens is 3. The zero-order valence-corrected chi connectivity index (χ0v) is 18.6. The predicted octanol–water partition coefficient (Wildman–Crippen LogP) is 5.90. The summed E-state index contributed by atoms with van der Waals surface area (Å²) in [6.45, 7) is 1.82. The number of anilines is 1. The van der Waals surface area contributed by atoms with Crippen LogP contribution in [0.1, 0.15) is 6.42 Å². The Balaban J connectivity index is 0.00000150. The van der Waals surface area contributed by atoms with Gasteiger partial charge >= 0.3 is 0 Å². The van der Waals surface area contributed by atoms with Crippen molar-refractivity contribution in [2.75, 3.05) is 32.5 Å². The number of rotatable bonds is 6. The maximum Gasteiger partial charge on any atom is 0.198 e. The van der Waals surface area contributed by atoms with Crippen LogP contribution < -0.4 is 5.32 Å². The van der Waals surface area contributed by atoms with Crippen molar-refractivity contribution < 1.29 is 4.42 Å². The van der Waals surface area contributed by atoms with E-state index in [0.29, 0.717) is 16.6 Å². The van der Waals surface area contributed by atoms with Gasteiger partial charge in [-0.1, -0.05) is 29.8 Å². The molecule has 0 aliphatic carbocycles. The van der Waals surface area contributed by atoms with E-state index < -0.39 is 0 Å². The standard InChI is InChI=1S/C21H21ClN4O.2ClH/c1-26(2)11-5-10-23-20-16-13-15(22)8-9-17(16)24-21(25-20)19-12-14-6-3-4-7-18(14)27-19;;/h3-4,6-9,12-13H,5,10-11H2,1-2H3,(H,23,24,25);2*1H. The van der Waals surface area contributed by atoms with Crippen molar-refractivity contribution in [2.24, 2.45) is 0 Å². The maximum atomic E-state index is 6.20. The SMILES string of the molecule is CN(C)CCCNc1nc(-c2cc3ccccc3o2)nc2ccc(Cl)cc12.Cl.Cl. The monoisotopic (exact) mass is 452 g/mol. The van der Waals surface area contributed by atoms with E-state index >= 15 is 0 Å². The van der Waals surface area contributed by atoms with Crippen molar-refractivity contribution in [3.63, 3.8) is 0 Å². The number of aromatic nitrogens is 2. The van der Waals surface area contributed by atoms with Crippen LogP contribution in [0.3, 0.4) is 0 Å². The van der Waals surface area contributed by atoms with E-state index in [0.717, 1.165) is 47.2 Å². The van der Waals surface area contributed by atoms with Gasteiger partial charge in [-0.05, 0) is 57.4 Å². The lowest BCUT2D eigenvalue weighted by Gasteiger charge is -2.12. The second-order valence-electron chi connectivity index (χ2n) is 6.79. The van der Waals surface area contributed by atoms with Crippen LogP contribution in [0.4, 0.5) is 5.82 Å². The highest BCUT2D eigenvalue weighted by Crippen LogP contribution is 2.30. The average Bonchev–Trinajstić information content (AvgIpc) is 3.09. The second kappa shape index (κ2) is 10.1. The molecular formula is C21H23Cl3N4O. The number of nitrogens with one attached hydrogen (secondary N) is 1. The van der Waals surface area contributed by atoms with Gasteiger partial charge in [0.15, 0.2) is 11.6 Å². The Kier molecular flexibility index (Phi) is 8.11. The fourth-order valence-electron chi connectivity index (χ4n) is 3.04. The summed E-state index contributed by atoms with van der Waals surface area (Å²) in [6, 6.07) is 15.5. The van der Waals surface area contributed by atoms with Gasteiger partial charge in [-0.25, -0.2) is 9.97 Å². The van der Waals surface area contributed by atoms with Crippen molar-refractivity contribution in [3.8, 4) is 11.6 Å². The van der Waals surface area contributed by atoms with Crippen molar-refractivity contribution in [3.05, 3.63) is 53.6 Å². The average molecular weight is 454 g/mol. The molecule has 0 aliphatic rings. The summed E-state index contributed by atoms with van der Waals surface area (Å²) in [7, 11) is 4.14. The lowest BCUT2D eigenvalue weighted by molar-refractivity contribution is 0.405. The molecule has 2 heterocycles. The predicted molar refractivity (Wildman–Crippen MR) is 126 cm³/mol. The van der Waals surface area contributed by atoms with Gasteiger partial charge in [0.25, 0.3) is 0 Å². The van der Waals surface area contributed by atoms with Gasteiger partial charge in [0.05, 0.1) is 5.52 Å². The Morgan fingerprint density at radius 2 is 1.83 bits per heavy atom. The Morgan fingerprint density at radius 3 is 2.59 bits per heavy atom. The minimum absolute atomic E-state index is 0. The first-order valence-corrected chi connectivity index (χ1v) is 9.33. The first-order chi connectivity index (χ1) is 13.1. The highest BCUT2D eigenvalue weighted by molar-refractivity contribution is 6.31. The van der Waals surface area contributed by atoms with Crippen LogP contribution in [-0.2, 0) is 0 Å². The molecular weight excluding hydrogens is 431 g/mol. The molecule has 0 saturated heterocycles. The van der Waals surface area contributed by atoms with E-state index in [4.69, 9.17) is 21.0 Å². The fourth-order valence-corrected chi connectivity index (χ4v) is 3.21. The lowest BCUT2D eigenvalue weighted by Crippen LogP contribution is -2.16. The molecule has 2 aromatic carbocycles. The third kappa shape index (κ3) is 5.31. The summed E-state index contributed by atoms with van der Waals surface area (Å²) in [6.07, 6.45) is 1.01. The quantitative estimate of drug-likeness (QED) is 0.368. The van der Waals surface area contributed by atoms with Crippen LogP contribution in [0.25, 0.3) is 33.5 Å². The van der Waals surface area contributed by atoms with E-state index in [-0.39, 0.29) is 24.8 Å². The molecule has 0 saturated carbocycles. The summed E-state index contributed by atoms with van der Waals surface area (Å²) < 4.78 is 5.95. The molecule has 0 radical (unpaired) electrons. The molecule has 154 valence electrons. The summed E-state index contributed by atoms with van der Waals surface area (Å²) in [5.41, 5.74) is 1.66. The smallest absolute Gasteiger partial charge is 0.198 e. The van der Waals surface area contributed by atoms with Crippen molar-refractivity contribution >= 4 is 64.1 Å². The molecule has 0 unspecified atom stereocenters. The summed E-state index contributed by atoms with van der Waals surface area (Å²) in [4.78, 5) is 11.6. The number of para-hydroxylation sites is 1. The molecule has 0 bridgehead atoms. The molecule has 0 fully saturated rings. The molecule has 5 nitrogen and oxygen atoms in total. The third-order valence-electron chi connectivity index (χ3n) is 4.38. The fraction of sp³-hybridized carbons (Fsp3) is 0.238. The Bertz CT molecular complexity index is 1060. The number of furan rings is 1. The Morgan fingerprint density at radius 1 is 1.03 bits per heavy atom. The molecule has 4 aromatic rings. The highest BCUT2D eigenvalue weighted by atomic mass is 35.5. The zero-order chi connectivity index (χ0) is 18.8. The number of hydrogen-bond donors (Lipinski definition) is 1. The molecule has 0 spiro atoms. The molecule has 1 N–H and O–H groups in total. The van der Waals surface area contributed by atoms with E-state index in [1.165, 1.54) is 0 Å². The van der Waals surface area contributed by atoms with Gasteiger partial charge in [-0.3, -0.25) is 0 Å². The lowest BCUT2D eigenvalue weighted by atomic mass is 10.2. The largest absolute Gasteiger partial charge is 0.453 e. The number of benzene rings is 2. The van der Waals surface area contributed by atoms with Crippen LogP contribution in [0.15, 0.2) is 52.9 Å². The van der Waals surface area contributed by atoms with Crippen molar-refractivity contribution in [1.29, 1.82) is 0 Å². The topological polar surface area (TPSA) is 54.2 Å². The molecule has 29 heavy (non-hydrogen) atoms. The highest BCUT2D eigenvalue weighted by Gasteiger charge is 2.13. The maximum absolute atomic E-state index is 6.20. The summed E-state index contributed by atoms with van der Waals surface area (Å²) in [5.74, 6) is 2.00. The van der Waals surface area contributed by atoms with Gasteiger partial charge in [-0.15, -0.1) is 24.8 Å². The molecule has 8 heteroatoms. The molecule has 2 aromatic heterocycles. The number of fused-ring (bicyclic) bond motifs is 2. The molecule has 0 atom stereocenters. The van der Waals surface area contributed by atoms with E-state index in [9.17, 15) is 0 Å². The number of hydrogen-bond acceptors (Lipinski definition) is 5. The van der Waals surface area contributed by atoms with Crippen molar-refractivity contribution in [2.45, 2.75) is 6.42 Å². The minimum atomic E-state index is 0. The van der Waals surface area contributed by atoms with E-state index in [2.05, 4.69) is 29.3 Å². The van der Waals surface area contributed by atoms with Gasteiger partial charge in [0.1, 0.15) is 11.4 Å². The Hall–Kier alpha value is -2.05. The van der Waals surface area contributed by atoms with Gasteiger partial charge in [-0.2, -0.15) is 0 Å². The molecule has 0 amide bonds. The zero-order valence-electron chi connectivity index (χ0n) is 16.2. The molecule has 0 aliphatic heterocycles. The van der Waals surface area contributed by atoms with Crippen LogP contribution in [0.2, 0.25) is 5.02 Å². The van der Waals surface area contributed by atoms with Crippen molar-refractivity contribution in [1.82, 2.24) is 14.9 Å². The van der Waals surface area contributed by atoms with Gasteiger partial charge < -0.3 is 14.6 Å². The summed E-state index contributed by atoms with van der Waals surface area (Å²) >= 11 is 6.20. The molecule has 4 rings (SSSR count). The van der Waals surface area contributed by atoms with Crippen LogP contribution in [-0.4, -0.2) is 42.1 Å². The second-order valence-corrected chi connectivity index (χ2v) is 7.23. The summed E-state index contributed by atoms with van der Waals surface area (Å²) in [5, 5.41) is 6.05. The van der Waals surface area contributed by atoms with E-state index in [1.807, 2.05) is 48.5 Å². The first-order valence-electron chi connectivity index (χ1n) is 8.95. The van der Waals surface area contributed by atoms with Crippen LogP contribution >= 0.6 is 36.4 Å². The van der Waals surface area contributed by atoms with Gasteiger partial charge in [0, 0.05) is 22.3 Å². The Labute approximate surface area is 187 Å². The number of nitrogens with zero attached hydrogens (tertiary/aromatic N) is 3. The van der Waals surface area contributed by atoms with E-state index in [1.54, 1.807) is 0 Å². The minimum Gasteiger partial charge on any atom is -0.453 e.